The van der Waals surface area contributed by atoms with Crippen LogP contribution in [-0.4, -0.2) is 36.9 Å². The van der Waals surface area contributed by atoms with Gasteiger partial charge in [0.15, 0.2) is 0 Å². The number of halogens is 1. The van der Waals surface area contributed by atoms with E-state index in [9.17, 15) is 5.11 Å². The molecular formula is C13H19ClN2O2. The zero-order valence-corrected chi connectivity index (χ0v) is 11.4. The van der Waals surface area contributed by atoms with Crippen LogP contribution in [0.4, 0.5) is 5.82 Å². The molecule has 1 saturated heterocycles. The van der Waals surface area contributed by atoms with Crippen LogP contribution in [0.5, 0.6) is 0 Å². The number of pyridine rings is 1. The first-order valence-corrected chi connectivity index (χ1v) is 6.61. The van der Waals surface area contributed by atoms with E-state index < -0.39 is 0 Å². The first-order valence-electron chi connectivity index (χ1n) is 6.23. The minimum absolute atomic E-state index is 0.0471. The second kappa shape index (κ2) is 6.36. The molecule has 0 bridgehead atoms. The van der Waals surface area contributed by atoms with Gasteiger partial charge in [-0.05, 0) is 24.8 Å². The van der Waals surface area contributed by atoms with E-state index in [0.717, 1.165) is 43.9 Å². The van der Waals surface area contributed by atoms with Crippen LogP contribution in [0.1, 0.15) is 18.4 Å². The highest BCUT2D eigenvalue weighted by atomic mass is 35.5. The number of hydrogen-bond acceptors (Lipinski definition) is 4. The van der Waals surface area contributed by atoms with E-state index in [1.54, 1.807) is 13.3 Å². The molecule has 100 valence electrons. The fourth-order valence-electron chi connectivity index (χ4n) is 2.33. The summed E-state index contributed by atoms with van der Waals surface area (Å²) in [7, 11) is 1.75. The molecule has 1 fully saturated rings. The SMILES string of the molecule is COCC1CCN(c2cc(CO)c(Cl)cn2)CC1. The summed E-state index contributed by atoms with van der Waals surface area (Å²) >= 11 is 5.94. The van der Waals surface area contributed by atoms with Gasteiger partial charge in [0.2, 0.25) is 0 Å². The molecule has 1 aliphatic rings. The summed E-state index contributed by atoms with van der Waals surface area (Å²) in [5.41, 5.74) is 0.737. The lowest BCUT2D eigenvalue weighted by Gasteiger charge is -2.32. The minimum atomic E-state index is -0.0471. The van der Waals surface area contributed by atoms with Crippen LogP contribution in [0.2, 0.25) is 5.02 Å². The summed E-state index contributed by atoms with van der Waals surface area (Å²) in [4.78, 5) is 6.57. The maximum atomic E-state index is 9.21. The van der Waals surface area contributed by atoms with Crippen molar-refractivity contribution in [3.05, 3.63) is 22.8 Å². The van der Waals surface area contributed by atoms with Gasteiger partial charge in [-0.3, -0.25) is 0 Å². The van der Waals surface area contributed by atoms with E-state index in [2.05, 4.69) is 9.88 Å². The van der Waals surface area contributed by atoms with E-state index in [1.807, 2.05) is 6.07 Å². The van der Waals surface area contributed by atoms with Crippen molar-refractivity contribution < 1.29 is 9.84 Å². The molecule has 1 aliphatic heterocycles. The molecule has 0 amide bonds. The van der Waals surface area contributed by atoms with Gasteiger partial charge in [-0.25, -0.2) is 4.98 Å². The lowest BCUT2D eigenvalue weighted by atomic mass is 9.98. The molecule has 0 aromatic carbocycles. The summed E-state index contributed by atoms with van der Waals surface area (Å²) < 4.78 is 5.19. The van der Waals surface area contributed by atoms with Crippen LogP contribution in [0.25, 0.3) is 0 Å². The third-order valence-corrected chi connectivity index (χ3v) is 3.77. The molecule has 1 aromatic heterocycles. The van der Waals surface area contributed by atoms with Gasteiger partial charge in [-0.2, -0.15) is 0 Å². The third-order valence-electron chi connectivity index (χ3n) is 3.43. The number of aliphatic hydroxyl groups is 1. The molecule has 2 rings (SSSR count). The molecule has 0 unspecified atom stereocenters. The van der Waals surface area contributed by atoms with Crippen LogP contribution in [0.3, 0.4) is 0 Å². The maximum Gasteiger partial charge on any atom is 0.128 e. The maximum absolute atomic E-state index is 9.21. The van der Waals surface area contributed by atoms with Crippen LogP contribution < -0.4 is 4.90 Å². The Hall–Kier alpha value is -0.840. The van der Waals surface area contributed by atoms with E-state index in [0.29, 0.717) is 10.9 Å². The zero-order chi connectivity index (χ0) is 13.0. The van der Waals surface area contributed by atoms with Gasteiger partial charge in [0.1, 0.15) is 5.82 Å². The van der Waals surface area contributed by atoms with Gasteiger partial charge in [0.05, 0.1) is 11.6 Å². The predicted octanol–water partition coefficient (Wildman–Crippen LogP) is 2.09. The molecule has 0 atom stereocenters. The molecule has 2 heterocycles. The Morgan fingerprint density at radius 2 is 2.22 bits per heavy atom. The van der Waals surface area contributed by atoms with Gasteiger partial charge >= 0.3 is 0 Å². The lowest BCUT2D eigenvalue weighted by molar-refractivity contribution is 0.139. The van der Waals surface area contributed by atoms with Crippen molar-refractivity contribution in [2.45, 2.75) is 19.4 Å². The number of aromatic nitrogens is 1. The van der Waals surface area contributed by atoms with Crippen molar-refractivity contribution in [2.75, 3.05) is 31.7 Å². The summed E-state index contributed by atoms with van der Waals surface area (Å²) in [6.45, 7) is 2.75. The molecule has 18 heavy (non-hydrogen) atoms. The van der Waals surface area contributed by atoms with Crippen molar-refractivity contribution in [1.82, 2.24) is 4.98 Å². The Balaban J connectivity index is 2.01. The van der Waals surface area contributed by atoms with Gasteiger partial charge in [0.25, 0.3) is 0 Å². The van der Waals surface area contributed by atoms with Crippen LogP contribution in [0.15, 0.2) is 12.3 Å². The number of hydrogen-bond donors (Lipinski definition) is 1. The second-order valence-corrected chi connectivity index (χ2v) is 5.08. The first kappa shape index (κ1) is 13.6. The van der Waals surface area contributed by atoms with Crippen LogP contribution in [0, 0.1) is 5.92 Å². The third kappa shape index (κ3) is 3.13. The standard InChI is InChI=1S/C13H19ClN2O2/c1-18-9-10-2-4-16(5-3-10)13-6-11(8-17)12(14)7-15-13/h6-7,10,17H,2-5,8-9H2,1H3. The largest absolute Gasteiger partial charge is 0.392 e. The Kier molecular flexibility index (Phi) is 4.80. The molecule has 0 saturated carbocycles. The number of anilines is 1. The van der Waals surface area contributed by atoms with Crippen LogP contribution in [-0.2, 0) is 11.3 Å². The fraction of sp³-hybridized carbons (Fsp3) is 0.615. The number of piperidine rings is 1. The van der Waals surface area contributed by atoms with Crippen molar-refractivity contribution in [1.29, 1.82) is 0 Å². The minimum Gasteiger partial charge on any atom is -0.392 e. The normalized spacial score (nSPS) is 17.2. The van der Waals surface area contributed by atoms with Gasteiger partial charge in [0, 0.05) is 38.6 Å². The molecular weight excluding hydrogens is 252 g/mol. The lowest BCUT2D eigenvalue weighted by Crippen LogP contribution is -2.35. The van der Waals surface area contributed by atoms with Crippen molar-refractivity contribution in [2.24, 2.45) is 5.92 Å². The average molecular weight is 271 g/mol. The summed E-state index contributed by atoms with van der Waals surface area (Å²) in [5.74, 6) is 1.55. The Labute approximate surface area is 113 Å². The van der Waals surface area contributed by atoms with Crippen molar-refractivity contribution >= 4 is 17.4 Å². The number of ether oxygens (including phenoxy) is 1. The first-order chi connectivity index (χ1) is 8.74. The molecule has 5 heteroatoms. The topological polar surface area (TPSA) is 45.6 Å². The van der Waals surface area contributed by atoms with Crippen molar-refractivity contribution in [3.8, 4) is 0 Å². The molecule has 1 aromatic rings. The second-order valence-electron chi connectivity index (χ2n) is 4.68. The number of nitrogens with zero attached hydrogens (tertiary/aromatic N) is 2. The van der Waals surface area contributed by atoms with Gasteiger partial charge in [-0.1, -0.05) is 11.6 Å². The number of aliphatic hydroxyl groups excluding tert-OH is 1. The van der Waals surface area contributed by atoms with E-state index in [-0.39, 0.29) is 6.61 Å². The molecule has 4 nitrogen and oxygen atoms in total. The van der Waals surface area contributed by atoms with E-state index in [1.165, 1.54) is 0 Å². The van der Waals surface area contributed by atoms with E-state index >= 15 is 0 Å². The monoisotopic (exact) mass is 270 g/mol. The molecule has 0 aliphatic carbocycles. The zero-order valence-electron chi connectivity index (χ0n) is 10.6. The van der Waals surface area contributed by atoms with Gasteiger partial charge in [-0.15, -0.1) is 0 Å². The highest BCUT2D eigenvalue weighted by molar-refractivity contribution is 6.31. The summed E-state index contributed by atoms with van der Waals surface area (Å²) in [6.07, 6.45) is 3.85. The molecule has 0 spiro atoms. The highest BCUT2D eigenvalue weighted by Crippen LogP contribution is 2.25. The smallest absolute Gasteiger partial charge is 0.128 e. The quantitative estimate of drug-likeness (QED) is 0.910. The number of rotatable bonds is 4. The fourth-order valence-corrected chi connectivity index (χ4v) is 2.49. The average Bonchev–Trinajstić information content (AvgIpc) is 2.41. The van der Waals surface area contributed by atoms with Crippen molar-refractivity contribution in [3.63, 3.8) is 0 Å². The Bertz CT molecular complexity index is 393. The highest BCUT2D eigenvalue weighted by Gasteiger charge is 2.20. The Morgan fingerprint density at radius 1 is 1.50 bits per heavy atom. The number of methoxy groups -OCH3 is 1. The Morgan fingerprint density at radius 3 is 2.83 bits per heavy atom. The van der Waals surface area contributed by atoms with Gasteiger partial charge < -0.3 is 14.7 Å². The summed E-state index contributed by atoms with van der Waals surface area (Å²) in [6, 6.07) is 1.87. The molecule has 1 N–H and O–H groups in total. The predicted molar refractivity (Wildman–Crippen MR) is 72.0 cm³/mol. The molecule has 0 radical (unpaired) electrons. The summed E-state index contributed by atoms with van der Waals surface area (Å²) in [5, 5.41) is 9.73. The van der Waals surface area contributed by atoms with E-state index in [4.69, 9.17) is 16.3 Å². The van der Waals surface area contributed by atoms with Crippen LogP contribution >= 0.6 is 11.6 Å².